The normalized spacial score (nSPS) is 16.1. The third kappa shape index (κ3) is 11.4. The van der Waals surface area contributed by atoms with Crippen molar-refractivity contribution in [2.45, 2.75) is 57.4 Å². The van der Waals surface area contributed by atoms with Crippen LogP contribution >= 0.6 is 7.82 Å². The SMILES string of the molecule is NC(=O)[C@@H](CCC(F)(F)F)[C@@H](CCC(F)(F)F)C(=O)N[C@H]1N=C(c2ccccc2)c2ccccc2N(Cc2cc(COP(=O)(O)O)ccc2C(=O)O)C1=O. The number of phosphoric acid groups is 1. The summed E-state index contributed by atoms with van der Waals surface area (Å²) >= 11 is 0. The molecule has 0 saturated heterocycles. The topological polar surface area (TPSA) is 209 Å². The van der Waals surface area contributed by atoms with E-state index in [-0.39, 0.29) is 33.7 Å². The fraction of sp³-hybridized carbons (Fsp3) is 0.324. The van der Waals surface area contributed by atoms with Gasteiger partial charge in [-0.2, -0.15) is 26.3 Å². The highest BCUT2D eigenvalue weighted by atomic mass is 31.2. The van der Waals surface area contributed by atoms with Crippen LogP contribution in [0.15, 0.2) is 77.8 Å². The van der Waals surface area contributed by atoms with Crippen molar-refractivity contribution in [2.75, 3.05) is 4.90 Å². The first-order valence-electron chi connectivity index (χ1n) is 16.0. The number of carboxylic acid groups (broad SMARTS) is 1. The van der Waals surface area contributed by atoms with E-state index in [9.17, 15) is 55.2 Å². The number of para-hydroxylation sites is 1. The molecule has 0 saturated carbocycles. The van der Waals surface area contributed by atoms with Crippen LogP contribution in [0.25, 0.3) is 0 Å². The Labute approximate surface area is 303 Å². The lowest BCUT2D eigenvalue weighted by Crippen LogP contribution is -2.50. The highest BCUT2D eigenvalue weighted by molar-refractivity contribution is 7.46. The summed E-state index contributed by atoms with van der Waals surface area (Å²) in [6.45, 7) is -1.26. The summed E-state index contributed by atoms with van der Waals surface area (Å²) in [5.41, 5.74) is 5.80. The van der Waals surface area contributed by atoms with Crippen molar-refractivity contribution in [3.63, 3.8) is 0 Å². The second kappa shape index (κ2) is 16.9. The number of rotatable bonds is 15. The number of aliphatic imine (C=N–C) groups is 1. The third-order valence-electron chi connectivity index (χ3n) is 8.33. The van der Waals surface area contributed by atoms with E-state index >= 15 is 0 Å². The molecule has 3 atom stereocenters. The van der Waals surface area contributed by atoms with Gasteiger partial charge in [-0.3, -0.25) is 18.9 Å². The maximum atomic E-state index is 14.5. The summed E-state index contributed by atoms with van der Waals surface area (Å²) < 4.78 is 95.4. The van der Waals surface area contributed by atoms with Crippen LogP contribution in [-0.4, -0.2) is 62.8 Å². The smallest absolute Gasteiger partial charge is 0.469 e. The Hall–Kier alpha value is -5.10. The Balaban J connectivity index is 1.84. The van der Waals surface area contributed by atoms with Crippen LogP contribution in [0.1, 0.15) is 58.3 Å². The van der Waals surface area contributed by atoms with Crippen molar-refractivity contribution in [1.29, 1.82) is 0 Å². The van der Waals surface area contributed by atoms with Crippen LogP contribution in [-0.2, 0) is 36.6 Å². The van der Waals surface area contributed by atoms with E-state index in [0.717, 1.165) is 11.0 Å². The van der Waals surface area contributed by atoms with Gasteiger partial charge in [-0.25, -0.2) is 14.4 Å². The van der Waals surface area contributed by atoms with Crippen molar-refractivity contribution in [1.82, 2.24) is 5.32 Å². The van der Waals surface area contributed by atoms with Gasteiger partial charge in [0.25, 0.3) is 5.91 Å². The minimum Gasteiger partial charge on any atom is -0.478 e. The zero-order valence-corrected chi connectivity index (χ0v) is 28.8. The number of carbonyl (C=O) groups is 4. The van der Waals surface area contributed by atoms with Crippen molar-refractivity contribution in [3.05, 3.63) is 101 Å². The lowest BCUT2D eigenvalue weighted by molar-refractivity contribution is -0.152. The number of fused-ring (bicyclic) bond motifs is 1. The molecule has 0 aromatic heterocycles. The van der Waals surface area contributed by atoms with Gasteiger partial charge < -0.3 is 30.8 Å². The van der Waals surface area contributed by atoms with E-state index in [2.05, 4.69) is 14.8 Å². The lowest BCUT2D eigenvalue weighted by Gasteiger charge is -2.29. The number of anilines is 1. The molecule has 3 aromatic rings. The molecule has 0 fully saturated rings. The number of alkyl halides is 6. The van der Waals surface area contributed by atoms with E-state index in [4.69, 9.17) is 15.5 Å². The summed E-state index contributed by atoms with van der Waals surface area (Å²) in [5.74, 6) is -9.54. The Bertz CT molecular complexity index is 1950. The number of aromatic carboxylic acids is 1. The number of halogens is 6. The molecule has 0 bridgehead atoms. The molecular weight excluding hydrogens is 753 g/mol. The first-order chi connectivity index (χ1) is 25.1. The zero-order chi connectivity index (χ0) is 40.0. The second-order valence-electron chi connectivity index (χ2n) is 12.2. The van der Waals surface area contributed by atoms with E-state index in [1.807, 2.05) is 0 Å². The van der Waals surface area contributed by atoms with Gasteiger partial charge in [0.1, 0.15) is 0 Å². The molecule has 0 spiro atoms. The molecule has 1 aliphatic rings. The van der Waals surface area contributed by atoms with Gasteiger partial charge in [0.15, 0.2) is 0 Å². The third-order valence-corrected chi connectivity index (χ3v) is 8.79. The van der Waals surface area contributed by atoms with Crippen LogP contribution in [0, 0.1) is 11.8 Å². The van der Waals surface area contributed by atoms with Gasteiger partial charge in [-0.05, 0) is 36.1 Å². The monoisotopic (exact) mass is 786 g/mol. The fourth-order valence-electron chi connectivity index (χ4n) is 5.85. The average molecular weight is 787 g/mol. The molecule has 54 heavy (non-hydrogen) atoms. The van der Waals surface area contributed by atoms with Gasteiger partial charge in [-0.1, -0.05) is 60.7 Å². The van der Waals surface area contributed by atoms with Crippen LogP contribution in [0.3, 0.4) is 0 Å². The molecule has 4 rings (SSSR count). The van der Waals surface area contributed by atoms with E-state index in [1.54, 1.807) is 42.5 Å². The summed E-state index contributed by atoms with van der Waals surface area (Å²) in [6, 6.07) is 17.7. The average Bonchev–Trinajstić information content (AvgIpc) is 3.18. The molecule has 6 N–H and O–H groups in total. The van der Waals surface area contributed by atoms with Crippen LogP contribution < -0.4 is 16.0 Å². The van der Waals surface area contributed by atoms with Gasteiger partial charge >= 0.3 is 26.1 Å². The Morgan fingerprint density at radius 2 is 1.50 bits per heavy atom. The molecule has 1 aliphatic heterocycles. The number of hydrogen-bond acceptors (Lipinski definition) is 7. The number of nitrogens with zero attached hydrogens (tertiary/aromatic N) is 2. The highest BCUT2D eigenvalue weighted by Gasteiger charge is 2.41. The largest absolute Gasteiger partial charge is 0.478 e. The van der Waals surface area contributed by atoms with Gasteiger partial charge in [0, 0.05) is 35.8 Å². The summed E-state index contributed by atoms with van der Waals surface area (Å²) in [4.78, 5) is 76.6. The van der Waals surface area contributed by atoms with Gasteiger partial charge in [-0.15, -0.1) is 0 Å². The quantitative estimate of drug-likeness (QED) is 0.101. The maximum Gasteiger partial charge on any atom is 0.469 e. The van der Waals surface area contributed by atoms with Crippen LogP contribution in [0.5, 0.6) is 0 Å². The first kappa shape index (κ1) is 41.7. The standard InChI is InChI=1S/C34H33F6N4O9P/c35-33(36,37)14-12-23(28(41)45)24(13-15-34(38,39)40)30(46)43-29-31(47)44(17-21-16-19(18-53-54(50,51)52)10-11-22(21)32(48)49)26-9-5-4-8-25(26)27(42-29)20-6-2-1-3-7-20/h1-11,16,23-24,29H,12-15,17-18H2,(H2,41,45)(H,43,46)(H,48,49)(H2,50,51,52)/t23-,24+,29+/m0/s1. The van der Waals surface area contributed by atoms with E-state index in [1.165, 1.54) is 24.3 Å². The molecule has 3 amide bonds. The summed E-state index contributed by atoms with van der Waals surface area (Å²) in [7, 11) is -4.96. The highest BCUT2D eigenvalue weighted by Crippen LogP contribution is 2.38. The molecule has 3 aromatic carbocycles. The molecule has 0 radical (unpaired) electrons. The Morgan fingerprint density at radius 3 is 2.07 bits per heavy atom. The number of nitrogens with two attached hydrogens (primary N) is 1. The minimum absolute atomic E-state index is 0.0740. The van der Waals surface area contributed by atoms with Crippen molar-refractivity contribution >= 4 is 42.9 Å². The van der Waals surface area contributed by atoms with Crippen LogP contribution in [0.2, 0.25) is 0 Å². The summed E-state index contributed by atoms with van der Waals surface area (Å²) in [6.07, 6.45) is -17.4. The molecule has 20 heteroatoms. The van der Waals surface area contributed by atoms with E-state index < -0.39 is 101 Å². The Kier molecular flexibility index (Phi) is 13.1. The second-order valence-corrected chi connectivity index (χ2v) is 13.4. The van der Waals surface area contributed by atoms with Gasteiger partial charge in [0.2, 0.25) is 18.0 Å². The lowest BCUT2D eigenvalue weighted by atomic mass is 9.83. The molecule has 0 unspecified atom stereocenters. The van der Waals surface area contributed by atoms with Crippen molar-refractivity contribution in [3.8, 4) is 0 Å². The first-order valence-corrected chi connectivity index (χ1v) is 17.5. The number of nitrogens with one attached hydrogen (secondary N) is 1. The summed E-state index contributed by atoms with van der Waals surface area (Å²) in [5, 5.41) is 12.2. The predicted octanol–water partition coefficient (Wildman–Crippen LogP) is 5.22. The number of benzene rings is 3. The predicted molar refractivity (Wildman–Crippen MR) is 179 cm³/mol. The number of carbonyl (C=O) groups excluding carboxylic acids is 3. The minimum atomic E-state index is -4.96. The maximum absolute atomic E-state index is 14.5. The Morgan fingerprint density at radius 1 is 0.907 bits per heavy atom. The number of phosphoric ester groups is 1. The van der Waals surface area contributed by atoms with Crippen LogP contribution in [0.4, 0.5) is 32.0 Å². The number of primary amides is 1. The zero-order valence-electron chi connectivity index (χ0n) is 27.9. The molecule has 1 heterocycles. The fourth-order valence-corrected chi connectivity index (χ4v) is 6.17. The van der Waals surface area contributed by atoms with Crippen molar-refractivity contribution in [2.24, 2.45) is 22.6 Å². The van der Waals surface area contributed by atoms with E-state index in [0.29, 0.717) is 5.56 Å². The number of carboxylic acids is 1. The molecule has 13 nitrogen and oxygen atoms in total. The number of benzodiazepines with no additional fused rings is 1. The molecule has 0 aliphatic carbocycles. The number of amides is 3. The number of hydrogen-bond donors (Lipinski definition) is 5. The molecule has 290 valence electrons. The van der Waals surface area contributed by atoms with Gasteiger partial charge in [0.05, 0.1) is 30.1 Å². The van der Waals surface area contributed by atoms with Crippen molar-refractivity contribution < 1.29 is 69.5 Å². The molecular formula is C34H33F6N4O9P.